The summed E-state index contributed by atoms with van der Waals surface area (Å²) in [4.78, 5) is 73.9. The number of amides is 2. The summed E-state index contributed by atoms with van der Waals surface area (Å²) in [6, 6.07) is 2.19. The normalized spacial score (nSPS) is 17.0. The molecular formula is C31H42N8O10. The van der Waals surface area contributed by atoms with Crippen LogP contribution in [0.5, 0.6) is 0 Å². The quantitative estimate of drug-likeness (QED) is 0.115. The number of carboxylic acids is 1. The first kappa shape index (κ1) is 38.2. The molecule has 49 heavy (non-hydrogen) atoms. The number of esters is 1. The predicted octanol–water partition coefficient (Wildman–Crippen LogP) is 2.19. The number of nitrogens with zero attached hydrogens (tertiary/aromatic N) is 5. The Kier molecular flexibility index (Phi) is 12.3. The topological polar surface area (TPSA) is 272 Å². The lowest BCUT2D eigenvalue weighted by molar-refractivity contribution is -0.384. The highest BCUT2D eigenvalue weighted by Gasteiger charge is 2.43. The minimum atomic E-state index is -1.47. The number of likely N-dealkylation sites (tertiary alicyclic amines) is 2. The maximum atomic E-state index is 12.7. The van der Waals surface area contributed by atoms with Crippen LogP contribution < -0.4 is 17.2 Å². The number of hydrogen-bond acceptors (Lipinski definition) is 14. The summed E-state index contributed by atoms with van der Waals surface area (Å²) < 4.78 is 4.44. The number of nitro groups is 2. The van der Waals surface area contributed by atoms with E-state index in [-0.39, 0.29) is 45.4 Å². The molecule has 2 aromatic carbocycles. The predicted molar refractivity (Wildman–Crippen MR) is 179 cm³/mol. The summed E-state index contributed by atoms with van der Waals surface area (Å²) in [5.41, 5.74) is 15.6. The number of imide groups is 1. The Balaban J connectivity index is 0.000000222. The molecule has 2 amide bonds. The van der Waals surface area contributed by atoms with Crippen molar-refractivity contribution in [3.8, 4) is 0 Å². The molecule has 3 heterocycles. The van der Waals surface area contributed by atoms with Gasteiger partial charge in [-0.15, -0.1) is 0 Å². The zero-order chi connectivity index (χ0) is 36.9. The third-order valence-electron chi connectivity index (χ3n) is 8.92. The van der Waals surface area contributed by atoms with Crippen molar-refractivity contribution < 1.29 is 38.9 Å². The zero-order valence-corrected chi connectivity index (χ0v) is 28.1. The van der Waals surface area contributed by atoms with Gasteiger partial charge in [-0.2, -0.15) is 0 Å². The molecule has 0 aliphatic carbocycles. The van der Waals surface area contributed by atoms with Crippen LogP contribution >= 0.6 is 0 Å². The fourth-order valence-corrected chi connectivity index (χ4v) is 5.87. The number of fused-ring (bicyclic) bond motifs is 1. The molecule has 0 radical (unpaired) electrons. The van der Waals surface area contributed by atoms with E-state index in [0.717, 1.165) is 32.3 Å². The molecule has 266 valence electrons. The molecule has 3 aliphatic heterocycles. The molecule has 18 nitrogen and oxygen atoms in total. The van der Waals surface area contributed by atoms with Gasteiger partial charge in [-0.25, -0.2) is 9.59 Å². The van der Waals surface area contributed by atoms with E-state index in [1.54, 1.807) is 6.92 Å². The molecule has 7 N–H and O–H groups in total. The van der Waals surface area contributed by atoms with Crippen LogP contribution in [0, 0.1) is 34.1 Å². The van der Waals surface area contributed by atoms with Crippen molar-refractivity contribution in [3.63, 3.8) is 0 Å². The number of benzene rings is 2. The molecule has 0 aromatic heterocycles. The van der Waals surface area contributed by atoms with Crippen molar-refractivity contribution >= 4 is 46.5 Å². The van der Waals surface area contributed by atoms with Crippen LogP contribution in [0.4, 0.5) is 22.7 Å². The van der Waals surface area contributed by atoms with E-state index in [1.165, 1.54) is 37.8 Å². The smallest absolute Gasteiger partial charge is 0.339 e. The Bertz CT molecular complexity index is 1650. The van der Waals surface area contributed by atoms with Gasteiger partial charge in [0.25, 0.3) is 23.2 Å². The lowest BCUT2D eigenvalue weighted by Gasteiger charge is -2.33. The first-order valence-electron chi connectivity index (χ1n) is 15.4. The van der Waals surface area contributed by atoms with Gasteiger partial charge in [-0.3, -0.25) is 34.7 Å². The summed E-state index contributed by atoms with van der Waals surface area (Å²) in [5.74, 6) is -3.22. The van der Waals surface area contributed by atoms with Gasteiger partial charge in [0.15, 0.2) is 0 Å². The number of piperidine rings is 2. The average Bonchev–Trinajstić information content (AvgIpc) is 3.30. The van der Waals surface area contributed by atoms with Gasteiger partial charge in [0, 0.05) is 24.2 Å². The number of hydrogen-bond donors (Lipinski definition) is 4. The Morgan fingerprint density at radius 2 is 1.33 bits per heavy atom. The third kappa shape index (κ3) is 8.27. The van der Waals surface area contributed by atoms with Gasteiger partial charge >= 0.3 is 11.9 Å². The second-order valence-corrected chi connectivity index (χ2v) is 12.2. The van der Waals surface area contributed by atoms with Crippen molar-refractivity contribution in [1.29, 1.82) is 0 Å². The summed E-state index contributed by atoms with van der Waals surface area (Å²) in [7, 11) is 5.21. The van der Waals surface area contributed by atoms with Crippen molar-refractivity contribution in [2.24, 2.45) is 5.73 Å². The number of rotatable bonds is 5. The molecule has 3 aliphatic rings. The van der Waals surface area contributed by atoms with E-state index in [9.17, 15) is 39.4 Å². The number of carboxylic acid groups (broad SMARTS) is 1. The molecule has 0 unspecified atom stereocenters. The Labute approximate surface area is 282 Å². The SMILES string of the molecule is CN1CCC(N)CC1.COC(=O)c1c(C(=O)O)cc([N+](=O)[O-])c(N)c1C.Cc1c(N)c([N+](=O)[O-])cc2c1C(=O)N(C1CCN(C)CC1)C2=O. The molecule has 2 fully saturated rings. The second kappa shape index (κ2) is 15.8. The number of anilines is 2. The van der Waals surface area contributed by atoms with Gasteiger partial charge < -0.3 is 36.8 Å². The highest BCUT2D eigenvalue weighted by atomic mass is 16.6. The minimum Gasteiger partial charge on any atom is -0.478 e. The standard InChI is InChI=1S/C15H18N4O4.C10H10N2O6.C6H14N2/c1-8-12-10(7-11(13(8)16)19(22)23)14(20)18(15(12)21)9-3-5-17(2)6-4-9;1-4-7(10(15)18-2)5(9(13)14)3-6(8(4)11)12(16)17;1-8-4-2-6(7)3-5-8/h7,9H,3-6,16H2,1-2H3;3H,11H2,1-2H3,(H,13,14);6H,2-5,7H2,1H3. The molecule has 0 saturated carbocycles. The summed E-state index contributed by atoms with van der Waals surface area (Å²) in [6.07, 6.45) is 3.77. The first-order valence-corrected chi connectivity index (χ1v) is 15.4. The largest absolute Gasteiger partial charge is 0.478 e. The molecule has 5 rings (SSSR count). The number of carbonyl (C=O) groups excluding carboxylic acids is 3. The van der Waals surface area contributed by atoms with Crippen molar-refractivity contribution in [2.75, 3.05) is 58.9 Å². The van der Waals surface area contributed by atoms with Gasteiger partial charge in [0.2, 0.25) is 0 Å². The van der Waals surface area contributed by atoms with Crippen LogP contribution in [0.1, 0.15) is 78.2 Å². The van der Waals surface area contributed by atoms with E-state index >= 15 is 0 Å². The lowest BCUT2D eigenvalue weighted by Crippen LogP contribution is -2.46. The van der Waals surface area contributed by atoms with E-state index in [0.29, 0.717) is 24.4 Å². The summed E-state index contributed by atoms with van der Waals surface area (Å²) in [6.45, 7) is 6.84. The second-order valence-electron chi connectivity index (χ2n) is 12.2. The molecule has 18 heteroatoms. The lowest BCUT2D eigenvalue weighted by atomic mass is 9.99. The Hall–Kier alpha value is -5.20. The number of nitrogens with two attached hydrogens (primary N) is 3. The van der Waals surface area contributed by atoms with Gasteiger partial charge in [0.1, 0.15) is 11.4 Å². The van der Waals surface area contributed by atoms with Crippen LogP contribution in [0.15, 0.2) is 12.1 Å². The zero-order valence-electron chi connectivity index (χ0n) is 28.1. The number of carbonyl (C=O) groups is 4. The van der Waals surface area contributed by atoms with E-state index in [4.69, 9.17) is 22.3 Å². The summed E-state index contributed by atoms with van der Waals surface area (Å²) in [5, 5.41) is 30.8. The fourth-order valence-electron chi connectivity index (χ4n) is 5.87. The Morgan fingerprint density at radius 1 is 0.857 bits per heavy atom. The number of nitro benzene ring substituents is 2. The highest BCUT2D eigenvalue weighted by molar-refractivity contribution is 6.23. The Morgan fingerprint density at radius 3 is 1.78 bits per heavy atom. The molecular weight excluding hydrogens is 644 g/mol. The number of methoxy groups -OCH3 is 1. The van der Waals surface area contributed by atoms with Gasteiger partial charge in [-0.1, -0.05) is 0 Å². The van der Waals surface area contributed by atoms with Crippen molar-refractivity contribution in [1.82, 2.24) is 14.7 Å². The third-order valence-corrected chi connectivity index (χ3v) is 8.92. The number of nitrogen functional groups attached to an aromatic ring is 2. The van der Waals surface area contributed by atoms with E-state index in [1.807, 2.05) is 7.05 Å². The average molecular weight is 687 g/mol. The molecule has 0 atom stereocenters. The van der Waals surface area contributed by atoms with Crippen LogP contribution in [-0.4, -0.2) is 113 Å². The monoisotopic (exact) mass is 686 g/mol. The molecule has 2 aromatic rings. The van der Waals surface area contributed by atoms with Crippen LogP contribution in [-0.2, 0) is 4.74 Å². The highest BCUT2D eigenvalue weighted by Crippen LogP contribution is 2.37. The number of aromatic carboxylic acids is 1. The fraction of sp³-hybridized carbons (Fsp3) is 0.484. The van der Waals surface area contributed by atoms with Crippen molar-refractivity contribution in [3.05, 3.63) is 65.7 Å². The van der Waals surface area contributed by atoms with Crippen LogP contribution in [0.2, 0.25) is 0 Å². The molecule has 0 bridgehead atoms. The van der Waals surface area contributed by atoms with Gasteiger partial charge in [0.05, 0.1) is 39.2 Å². The van der Waals surface area contributed by atoms with Crippen LogP contribution in [0.3, 0.4) is 0 Å². The maximum Gasteiger partial charge on any atom is 0.339 e. The van der Waals surface area contributed by atoms with Crippen molar-refractivity contribution in [2.45, 2.75) is 51.6 Å². The van der Waals surface area contributed by atoms with E-state index in [2.05, 4.69) is 21.6 Å². The van der Waals surface area contributed by atoms with Gasteiger partial charge in [-0.05, 0) is 90.9 Å². The number of ether oxygens (including phenoxy) is 1. The minimum absolute atomic E-state index is 0.00782. The maximum absolute atomic E-state index is 12.7. The molecule has 0 spiro atoms. The van der Waals surface area contributed by atoms with E-state index < -0.39 is 44.9 Å². The molecule has 2 saturated heterocycles. The first-order chi connectivity index (χ1) is 22.9. The van der Waals surface area contributed by atoms with Crippen LogP contribution in [0.25, 0.3) is 0 Å². The summed E-state index contributed by atoms with van der Waals surface area (Å²) >= 11 is 0.